The monoisotopic (exact) mass is 353 g/mol. The summed E-state index contributed by atoms with van der Waals surface area (Å²) in [6, 6.07) is 8.38. The molecule has 7 heteroatoms. The quantitative estimate of drug-likeness (QED) is 0.684. The zero-order valence-corrected chi connectivity index (χ0v) is 14.7. The predicted molar refractivity (Wildman–Crippen MR) is 91.7 cm³/mol. The maximum Gasteiger partial charge on any atom is 0.243 e. The Labute approximate surface area is 140 Å². The van der Waals surface area contributed by atoms with Gasteiger partial charge in [-0.15, -0.1) is 17.9 Å². The third kappa shape index (κ3) is 3.93. The molecule has 0 bridgehead atoms. The van der Waals surface area contributed by atoms with Crippen molar-refractivity contribution in [1.82, 2.24) is 4.31 Å². The summed E-state index contributed by atoms with van der Waals surface area (Å²) < 4.78 is 37.5. The Balaban J connectivity index is 2.38. The zero-order chi connectivity index (χ0) is 16.9. The molecule has 2 aromatic rings. The molecule has 0 saturated carbocycles. The Morgan fingerprint density at radius 1 is 1.22 bits per heavy atom. The van der Waals surface area contributed by atoms with Gasteiger partial charge in [0.2, 0.25) is 10.0 Å². The predicted octanol–water partition coefficient (Wildman–Crippen LogP) is 3.14. The van der Waals surface area contributed by atoms with Crippen molar-refractivity contribution in [2.75, 3.05) is 20.8 Å². The Morgan fingerprint density at radius 3 is 2.52 bits per heavy atom. The van der Waals surface area contributed by atoms with Crippen molar-refractivity contribution in [3.8, 4) is 11.5 Å². The maximum absolute atomic E-state index is 12.9. The van der Waals surface area contributed by atoms with Gasteiger partial charge in [0.05, 0.1) is 19.1 Å². The van der Waals surface area contributed by atoms with E-state index < -0.39 is 10.0 Å². The minimum absolute atomic E-state index is 0.161. The number of hydrogen-bond donors (Lipinski definition) is 0. The molecular formula is C16H19NO4S2. The molecule has 0 unspecified atom stereocenters. The molecule has 23 heavy (non-hydrogen) atoms. The Hall–Kier alpha value is -1.83. The van der Waals surface area contributed by atoms with E-state index >= 15 is 0 Å². The molecule has 0 amide bonds. The van der Waals surface area contributed by atoms with Crippen molar-refractivity contribution in [2.24, 2.45) is 0 Å². The van der Waals surface area contributed by atoms with Crippen molar-refractivity contribution >= 4 is 21.4 Å². The number of hydrogen-bond acceptors (Lipinski definition) is 5. The third-order valence-electron chi connectivity index (χ3n) is 3.24. The van der Waals surface area contributed by atoms with Crippen LogP contribution in [0.3, 0.4) is 0 Å². The number of benzene rings is 1. The number of sulfonamides is 1. The lowest BCUT2D eigenvalue weighted by molar-refractivity contribution is 0.353. The van der Waals surface area contributed by atoms with E-state index in [9.17, 15) is 8.42 Å². The van der Waals surface area contributed by atoms with Crippen LogP contribution in [0.2, 0.25) is 0 Å². The van der Waals surface area contributed by atoms with Crippen molar-refractivity contribution in [1.29, 1.82) is 0 Å². The number of thiophene rings is 1. The van der Waals surface area contributed by atoms with Crippen LogP contribution >= 0.6 is 11.3 Å². The molecule has 124 valence electrons. The normalized spacial score (nSPS) is 11.4. The molecule has 0 aliphatic carbocycles. The maximum atomic E-state index is 12.9. The van der Waals surface area contributed by atoms with E-state index in [1.165, 1.54) is 42.0 Å². The minimum Gasteiger partial charge on any atom is -0.493 e. The second-order valence-corrected chi connectivity index (χ2v) is 7.65. The van der Waals surface area contributed by atoms with E-state index in [0.29, 0.717) is 18.0 Å². The minimum atomic E-state index is -3.66. The van der Waals surface area contributed by atoms with E-state index in [-0.39, 0.29) is 11.4 Å². The van der Waals surface area contributed by atoms with Crippen LogP contribution in [-0.2, 0) is 16.6 Å². The zero-order valence-electron chi connectivity index (χ0n) is 13.1. The molecule has 1 aromatic carbocycles. The first-order valence-corrected chi connectivity index (χ1v) is 9.20. The summed E-state index contributed by atoms with van der Waals surface area (Å²) in [6.07, 6.45) is 1.58. The molecule has 2 rings (SSSR count). The van der Waals surface area contributed by atoms with Gasteiger partial charge in [-0.25, -0.2) is 8.42 Å². The molecule has 0 spiro atoms. The number of rotatable bonds is 8. The van der Waals surface area contributed by atoms with Crippen molar-refractivity contribution in [2.45, 2.75) is 11.4 Å². The van der Waals surface area contributed by atoms with Crippen LogP contribution in [0, 0.1) is 0 Å². The molecule has 1 heterocycles. The summed E-state index contributed by atoms with van der Waals surface area (Å²) in [5.74, 6) is 0.864. The number of methoxy groups -OCH3 is 2. The second-order valence-electron chi connectivity index (χ2n) is 4.68. The van der Waals surface area contributed by atoms with Gasteiger partial charge >= 0.3 is 0 Å². The average Bonchev–Trinajstić information content (AvgIpc) is 3.06. The van der Waals surface area contributed by atoms with Crippen LogP contribution < -0.4 is 9.47 Å². The first-order valence-electron chi connectivity index (χ1n) is 6.88. The van der Waals surface area contributed by atoms with Crippen LogP contribution in [0.1, 0.15) is 4.88 Å². The molecule has 0 aliphatic heterocycles. The highest BCUT2D eigenvalue weighted by molar-refractivity contribution is 7.89. The van der Waals surface area contributed by atoms with Crippen LogP contribution in [0.25, 0.3) is 0 Å². The lowest BCUT2D eigenvalue weighted by Crippen LogP contribution is -2.30. The van der Waals surface area contributed by atoms with Crippen molar-refractivity contribution in [3.05, 3.63) is 53.2 Å². The molecule has 1 aromatic heterocycles. The largest absolute Gasteiger partial charge is 0.493 e. The average molecular weight is 353 g/mol. The summed E-state index contributed by atoms with van der Waals surface area (Å²) in [7, 11) is -0.683. The topological polar surface area (TPSA) is 55.8 Å². The van der Waals surface area contributed by atoms with E-state index in [0.717, 1.165) is 4.88 Å². The van der Waals surface area contributed by atoms with Gasteiger partial charge in [-0.05, 0) is 23.6 Å². The number of nitrogens with zero attached hydrogens (tertiary/aromatic N) is 1. The van der Waals surface area contributed by atoms with Crippen LogP contribution in [-0.4, -0.2) is 33.5 Å². The van der Waals surface area contributed by atoms with Gasteiger partial charge in [-0.1, -0.05) is 12.1 Å². The van der Waals surface area contributed by atoms with Crippen LogP contribution in [0.5, 0.6) is 11.5 Å². The smallest absolute Gasteiger partial charge is 0.243 e. The molecule has 0 aliphatic rings. The highest BCUT2D eigenvalue weighted by atomic mass is 32.2. The molecular weight excluding hydrogens is 334 g/mol. The van der Waals surface area contributed by atoms with Crippen molar-refractivity contribution < 1.29 is 17.9 Å². The van der Waals surface area contributed by atoms with Gasteiger partial charge in [-0.2, -0.15) is 4.31 Å². The highest BCUT2D eigenvalue weighted by Gasteiger charge is 2.25. The van der Waals surface area contributed by atoms with Gasteiger partial charge in [0.1, 0.15) is 0 Å². The Bertz CT molecular complexity index is 754. The van der Waals surface area contributed by atoms with Gasteiger partial charge in [0, 0.05) is 24.0 Å². The lowest BCUT2D eigenvalue weighted by Gasteiger charge is -2.20. The second kappa shape index (κ2) is 7.63. The van der Waals surface area contributed by atoms with Crippen LogP contribution in [0.15, 0.2) is 53.3 Å². The molecule has 0 saturated heterocycles. The first-order chi connectivity index (χ1) is 11.0. The summed E-state index contributed by atoms with van der Waals surface area (Å²) in [5, 5.41) is 1.92. The standard InChI is InChI=1S/C16H19NO4S2/c1-4-9-17(12-13-6-5-10-22-13)23(18,19)14-7-8-15(20-2)16(11-14)21-3/h4-8,10-11H,1,9,12H2,2-3H3. The molecule has 0 radical (unpaired) electrons. The Kier molecular flexibility index (Phi) is 5.81. The first kappa shape index (κ1) is 17.5. The SMILES string of the molecule is C=CCN(Cc1cccs1)S(=O)(=O)c1ccc(OC)c(OC)c1. The van der Waals surface area contributed by atoms with Gasteiger partial charge in [0.25, 0.3) is 0 Å². The van der Waals surface area contributed by atoms with Crippen LogP contribution in [0.4, 0.5) is 0 Å². The van der Waals surface area contributed by atoms with Gasteiger partial charge in [0.15, 0.2) is 11.5 Å². The summed E-state index contributed by atoms with van der Waals surface area (Å²) in [4.78, 5) is 1.13. The lowest BCUT2D eigenvalue weighted by atomic mass is 10.3. The molecule has 0 fully saturated rings. The van der Waals surface area contributed by atoms with Gasteiger partial charge in [-0.3, -0.25) is 0 Å². The fourth-order valence-electron chi connectivity index (χ4n) is 2.09. The fourth-order valence-corrected chi connectivity index (χ4v) is 4.30. The van der Waals surface area contributed by atoms with Crippen molar-refractivity contribution in [3.63, 3.8) is 0 Å². The summed E-state index contributed by atoms with van der Waals surface area (Å²) in [6.45, 7) is 4.19. The van der Waals surface area contributed by atoms with E-state index in [4.69, 9.17) is 9.47 Å². The summed E-state index contributed by atoms with van der Waals surface area (Å²) in [5.41, 5.74) is 0. The summed E-state index contributed by atoms with van der Waals surface area (Å²) >= 11 is 1.52. The Morgan fingerprint density at radius 2 is 1.96 bits per heavy atom. The van der Waals surface area contributed by atoms with E-state index in [1.54, 1.807) is 12.1 Å². The van der Waals surface area contributed by atoms with E-state index in [1.807, 2.05) is 17.5 Å². The fraction of sp³-hybridized carbons (Fsp3) is 0.250. The molecule has 0 atom stereocenters. The van der Waals surface area contributed by atoms with Gasteiger partial charge < -0.3 is 9.47 Å². The van der Waals surface area contributed by atoms with E-state index in [2.05, 4.69) is 6.58 Å². The number of ether oxygens (including phenoxy) is 2. The molecule has 5 nitrogen and oxygen atoms in total. The molecule has 0 N–H and O–H groups in total. The third-order valence-corrected chi connectivity index (χ3v) is 5.91. The highest BCUT2D eigenvalue weighted by Crippen LogP contribution is 2.31.